The van der Waals surface area contributed by atoms with Gasteiger partial charge in [-0.15, -0.1) is 11.3 Å². The van der Waals surface area contributed by atoms with Gasteiger partial charge in [-0.1, -0.05) is 97.9 Å². The highest BCUT2D eigenvalue weighted by molar-refractivity contribution is 7.14. The van der Waals surface area contributed by atoms with Gasteiger partial charge in [0.15, 0.2) is 5.13 Å². The topological polar surface area (TPSA) is 82.5 Å². The van der Waals surface area contributed by atoms with E-state index in [9.17, 15) is 14.7 Å². The van der Waals surface area contributed by atoms with Crippen LogP contribution in [0.2, 0.25) is 0 Å². The van der Waals surface area contributed by atoms with Gasteiger partial charge in [-0.2, -0.15) is 0 Å². The number of benzene rings is 3. The summed E-state index contributed by atoms with van der Waals surface area (Å²) in [5.41, 5.74) is 4.07. The lowest BCUT2D eigenvalue weighted by atomic mass is 9.88. The molecular formula is C29H29N3O3S. The Hall–Kier alpha value is -3.97. The number of carboxylic acids is 1. The lowest BCUT2D eigenvalue weighted by Gasteiger charge is -2.27. The van der Waals surface area contributed by atoms with E-state index in [-0.39, 0.29) is 18.5 Å². The summed E-state index contributed by atoms with van der Waals surface area (Å²) < 4.78 is 0. The number of hydrogen-bond donors (Lipinski definition) is 2. The highest BCUT2D eigenvalue weighted by atomic mass is 32.1. The summed E-state index contributed by atoms with van der Waals surface area (Å²) in [6.45, 7) is 2.12. The highest BCUT2D eigenvalue weighted by Crippen LogP contribution is 2.29. The van der Waals surface area contributed by atoms with Crippen molar-refractivity contribution in [3.8, 4) is 11.3 Å². The van der Waals surface area contributed by atoms with Crippen LogP contribution in [0.4, 0.5) is 9.93 Å². The monoisotopic (exact) mass is 499 g/mol. The minimum atomic E-state index is -0.934. The summed E-state index contributed by atoms with van der Waals surface area (Å²) in [7, 11) is 0. The Bertz CT molecular complexity index is 1220. The highest BCUT2D eigenvalue weighted by Gasteiger charge is 2.24. The van der Waals surface area contributed by atoms with Crippen molar-refractivity contribution in [3.05, 3.63) is 108 Å². The second kappa shape index (κ2) is 12.1. The first-order valence-corrected chi connectivity index (χ1v) is 12.8. The maximum absolute atomic E-state index is 13.3. The number of nitrogens with zero attached hydrogens (tertiary/aromatic N) is 2. The van der Waals surface area contributed by atoms with Gasteiger partial charge in [0, 0.05) is 30.0 Å². The Labute approximate surface area is 215 Å². The zero-order chi connectivity index (χ0) is 25.3. The van der Waals surface area contributed by atoms with Gasteiger partial charge in [-0.25, -0.2) is 9.78 Å². The van der Waals surface area contributed by atoms with Gasteiger partial charge >= 0.3 is 12.0 Å². The zero-order valence-electron chi connectivity index (χ0n) is 20.1. The zero-order valence-corrected chi connectivity index (χ0v) is 20.9. The van der Waals surface area contributed by atoms with Crippen LogP contribution in [-0.4, -0.2) is 40.1 Å². The van der Waals surface area contributed by atoms with Gasteiger partial charge in [0.05, 0.1) is 11.6 Å². The Balaban J connectivity index is 1.51. The molecule has 6 nitrogen and oxygen atoms in total. The number of anilines is 1. The lowest BCUT2D eigenvalue weighted by molar-refractivity contribution is -0.141. The average Bonchev–Trinajstić information content (AvgIpc) is 3.38. The summed E-state index contributed by atoms with van der Waals surface area (Å²) >= 11 is 1.35. The summed E-state index contributed by atoms with van der Waals surface area (Å²) in [5, 5.41) is 14.8. The van der Waals surface area contributed by atoms with E-state index >= 15 is 0 Å². The number of aliphatic carboxylic acids is 1. The molecule has 36 heavy (non-hydrogen) atoms. The van der Waals surface area contributed by atoms with Gasteiger partial charge < -0.3 is 10.0 Å². The van der Waals surface area contributed by atoms with E-state index in [1.807, 2.05) is 72.1 Å². The van der Waals surface area contributed by atoms with Gasteiger partial charge in [0.25, 0.3) is 0 Å². The molecule has 0 radical (unpaired) electrons. The molecule has 184 valence electrons. The van der Waals surface area contributed by atoms with Crippen molar-refractivity contribution in [3.63, 3.8) is 0 Å². The van der Waals surface area contributed by atoms with Gasteiger partial charge in [0.1, 0.15) is 0 Å². The second-order valence-electron chi connectivity index (χ2n) is 8.68. The van der Waals surface area contributed by atoms with Gasteiger partial charge in [0.2, 0.25) is 0 Å². The predicted molar refractivity (Wildman–Crippen MR) is 144 cm³/mol. The van der Waals surface area contributed by atoms with Crippen LogP contribution < -0.4 is 5.32 Å². The number of nitrogens with one attached hydrogen (secondary N) is 1. The van der Waals surface area contributed by atoms with E-state index in [0.717, 1.165) is 22.4 Å². The van der Waals surface area contributed by atoms with Crippen molar-refractivity contribution in [1.29, 1.82) is 0 Å². The fraction of sp³-hybridized carbons (Fsp3) is 0.207. The largest absolute Gasteiger partial charge is 0.481 e. The summed E-state index contributed by atoms with van der Waals surface area (Å²) in [5.74, 6) is -1.55. The molecule has 0 saturated heterocycles. The normalized spacial score (nSPS) is 11.7. The van der Waals surface area contributed by atoms with Crippen molar-refractivity contribution >= 4 is 28.5 Å². The summed E-state index contributed by atoms with van der Waals surface area (Å²) in [6.07, 6.45) is 0.654. The molecule has 2 amide bonds. The number of hydrogen-bond acceptors (Lipinski definition) is 4. The molecule has 2 N–H and O–H groups in total. The molecule has 4 rings (SSSR count). The van der Waals surface area contributed by atoms with E-state index in [4.69, 9.17) is 0 Å². The molecule has 7 heteroatoms. The fourth-order valence-corrected chi connectivity index (χ4v) is 4.82. The molecule has 0 aliphatic carbocycles. The lowest BCUT2D eigenvalue weighted by Crippen LogP contribution is -2.40. The van der Waals surface area contributed by atoms with Crippen LogP contribution >= 0.6 is 11.3 Å². The molecule has 0 spiro atoms. The SMILES string of the molecule is CC(CN(CCC(c1ccccc1)c1ccccc1)C(=O)Nc1nc(-c2ccccc2)cs1)C(=O)O. The molecule has 1 unspecified atom stereocenters. The first-order chi connectivity index (χ1) is 17.5. The molecule has 3 aromatic carbocycles. The van der Waals surface area contributed by atoms with Crippen molar-refractivity contribution in [1.82, 2.24) is 9.88 Å². The standard InChI is InChI=1S/C29H29N3O3S/c1-21(27(33)34)19-32(29(35)31-28-30-26(20-36-28)24-15-9-4-10-16-24)18-17-25(22-11-5-2-6-12-22)23-13-7-3-8-14-23/h2-16,20-21,25H,17-19H2,1H3,(H,33,34)(H,30,31,35). The molecule has 0 bridgehead atoms. The number of thiazole rings is 1. The van der Waals surface area contributed by atoms with Crippen LogP contribution in [-0.2, 0) is 4.79 Å². The van der Waals surface area contributed by atoms with Gasteiger partial charge in [-0.05, 0) is 17.5 Å². The number of rotatable bonds is 10. The van der Waals surface area contributed by atoms with Crippen LogP contribution in [0.15, 0.2) is 96.4 Å². The van der Waals surface area contributed by atoms with E-state index < -0.39 is 11.9 Å². The predicted octanol–water partition coefficient (Wildman–Crippen LogP) is 6.59. The number of aromatic nitrogens is 1. The number of amides is 2. The molecule has 4 aromatic rings. The van der Waals surface area contributed by atoms with Crippen molar-refractivity contribution in [2.75, 3.05) is 18.4 Å². The number of carbonyl (C=O) groups is 2. The smallest absolute Gasteiger partial charge is 0.323 e. The maximum atomic E-state index is 13.3. The minimum absolute atomic E-state index is 0.0763. The van der Waals surface area contributed by atoms with Crippen molar-refractivity contribution in [2.24, 2.45) is 5.92 Å². The third kappa shape index (κ3) is 6.58. The number of urea groups is 1. The number of carboxylic acid groups (broad SMARTS) is 1. The summed E-state index contributed by atoms with van der Waals surface area (Å²) in [6, 6.07) is 29.8. The number of carbonyl (C=O) groups excluding carboxylic acids is 1. The van der Waals surface area contributed by atoms with Crippen LogP contribution in [0.5, 0.6) is 0 Å². The molecule has 0 aliphatic heterocycles. The van der Waals surface area contributed by atoms with Crippen molar-refractivity contribution < 1.29 is 14.7 Å². The quantitative estimate of drug-likeness (QED) is 0.258. The van der Waals surface area contributed by atoms with E-state index in [1.165, 1.54) is 11.3 Å². The Morgan fingerprint density at radius 1 is 0.917 bits per heavy atom. The maximum Gasteiger partial charge on any atom is 0.323 e. The Morgan fingerprint density at radius 2 is 1.47 bits per heavy atom. The van der Waals surface area contributed by atoms with Gasteiger partial charge in [-0.3, -0.25) is 10.1 Å². The van der Waals surface area contributed by atoms with Crippen LogP contribution in [0.1, 0.15) is 30.4 Å². The fourth-order valence-electron chi connectivity index (χ4n) is 4.11. The van der Waals surface area contributed by atoms with Crippen LogP contribution in [0.25, 0.3) is 11.3 Å². The molecule has 1 aromatic heterocycles. The van der Waals surface area contributed by atoms with Crippen LogP contribution in [0.3, 0.4) is 0 Å². The second-order valence-corrected chi connectivity index (χ2v) is 9.54. The van der Waals surface area contributed by atoms with E-state index in [0.29, 0.717) is 18.1 Å². The molecule has 1 atom stereocenters. The molecule has 1 heterocycles. The molecule has 0 aliphatic rings. The van der Waals surface area contributed by atoms with Crippen molar-refractivity contribution in [2.45, 2.75) is 19.3 Å². The first-order valence-electron chi connectivity index (χ1n) is 11.9. The third-order valence-corrected chi connectivity index (χ3v) is 6.84. The van der Waals surface area contributed by atoms with E-state index in [1.54, 1.807) is 11.8 Å². The molecule has 0 fully saturated rings. The van der Waals surface area contributed by atoms with Crippen LogP contribution in [0, 0.1) is 5.92 Å². The average molecular weight is 500 g/mol. The van der Waals surface area contributed by atoms with E-state index in [2.05, 4.69) is 34.6 Å². The third-order valence-electron chi connectivity index (χ3n) is 6.08. The first kappa shape index (κ1) is 25.1. The molecule has 0 saturated carbocycles. The molecular weight excluding hydrogens is 470 g/mol. The Morgan fingerprint density at radius 3 is 2.03 bits per heavy atom. The Kier molecular flexibility index (Phi) is 8.47. The summed E-state index contributed by atoms with van der Waals surface area (Å²) in [4.78, 5) is 31.0. The minimum Gasteiger partial charge on any atom is -0.481 e.